The van der Waals surface area contributed by atoms with Crippen LogP contribution in [0.15, 0.2) is 48.5 Å². The fourth-order valence-electron chi connectivity index (χ4n) is 2.91. The van der Waals surface area contributed by atoms with Crippen molar-refractivity contribution in [3.05, 3.63) is 60.2 Å². The Kier molecular flexibility index (Phi) is 8.81. The van der Waals surface area contributed by atoms with Gasteiger partial charge in [-0.15, -0.1) is 0 Å². The maximum Gasteiger partial charge on any atom is 0.243 e. The van der Waals surface area contributed by atoms with Crippen LogP contribution in [0.25, 0.3) is 0 Å². The van der Waals surface area contributed by atoms with Crippen LogP contribution in [0.4, 0.5) is 20.2 Å². The number of hydrogen-bond donors (Lipinski definition) is 2. The van der Waals surface area contributed by atoms with E-state index < -0.39 is 63.2 Å². The number of carbonyl (C=O) groups is 3. The van der Waals surface area contributed by atoms with Crippen molar-refractivity contribution in [2.45, 2.75) is 39.3 Å². The first kappa shape index (κ1) is 26.1. The summed E-state index contributed by atoms with van der Waals surface area (Å²) in [5, 5.41) is 5.26. The smallest absolute Gasteiger partial charge is 0.243 e. The predicted octanol–water partition coefficient (Wildman–Crippen LogP) is 2.99. The first-order chi connectivity index (χ1) is 15.4. The quantitative estimate of drug-likeness (QED) is 0.609. The zero-order valence-corrected chi connectivity index (χ0v) is 19.7. The van der Waals surface area contributed by atoms with Crippen LogP contribution in [0.1, 0.15) is 27.7 Å². The van der Waals surface area contributed by atoms with E-state index in [-0.39, 0.29) is 5.69 Å². The largest absolute Gasteiger partial charge is 0.350 e. The van der Waals surface area contributed by atoms with Gasteiger partial charge < -0.3 is 10.6 Å². The molecule has 0 aromatic heterocycles. The molecule has 2 rings (SSSR count). The summed E-state index contributed by atoms with van der Waals surface area (Å²) in [6.45, 7) is 6.87. The van der Waals surface area contributed by atoms with E-state index in [9.17, 15) is 27.4 Å². The highest BCUT2D eigenvalue weighted by atomic mass is 32.2. The number of nitrogens with zero attached hydrogens (tertiary/aromatic N) is 1. The van der Waals surface area contributed by atoms with Gasteiger partial charge in [-0.2, -0.15) is 0 Å². The van der Waals surface area contributed by atoms with Crippen molar-refractivity contribution in [1.29, 1.82) is 0 Å². The summed E-state index contributed by atoms with van der Waals surface area (Å²) >= 11 is 0. The summed E-state index contributed by atoms with van der Waals surface area (Å²) in [5.74, 6) is -3.69. The van der Waals surface area contributed by atoms with E-state index in [1.807, 2.05) is 0 Å². The van der Waals surface area contributed by atoms with E-state index in [1.165, 1.54) is 43.3 Å². The van der Waals surface area contributed by atoms with Crippen LogP contribution in [0.2, 0.25) is 0 Å². The Balaban J connectivity index is 2.12. The minimum Gasteiger partial charge on any atom is -0.350 e. The van der Waals surface area contributed by atoms with E-state index in [2.05, 4.69) is 10.6 Å². The molecule has 33 heavy (non-hydrogen) atoms. The third kappa shape index (κ3) is 8.38. The third-order valence-electron chi connectivity index (χ3n) is 4.34. The molecule has 0 bridgehead atoms. The van der Waals surface area contributed by atoms with Crippen LogP contribution in [0.5, 0.6) is 0 Å². The Labute approximate surface area is 194 Å². The number of anilines is 2. The van der Waals surface area contributed by atoms with Gasteiger partial charge in [0, 0.05) is 27.7 Å². The van der Waals surface area contributed by atoms with Crippen molar-refractivity contribution >= 4 is 39.9 Å². The first-order valence-corrected chi connectivity index (χ1v) is 11.6. The summed E-state index contributed by atoms with van der Waals surface area (Å²) in [4.78, 5) is 39.0. The lowest BCUT2D eigenvalue weighted by molar-refractivity contribution is -0.126. The monoisotopic (exact) mass is 479 g/mol. The molecular weight excluding hydrogens is 452 g/mol. The molecule has 0 aliphatic heterocycles. The molecule has 0 heterocycles. The van der Waals surface area contributed by atoms with E-state index in [0.717, 1.165) is 17.0 Å². The maximum absolute atomic E-state index is 13.4. The van der Waals surface area contributed by atoms with Crippen molar-refractivity contribution < 1.29 is 27.4 Å². The molecule has 178 valence electrons. The van der Waals surface area contributed by atoms with Gasteiger partial charge in [0.25, 0.3) is 0 Å². The molecule has 2 aromatic carbocycles. The van der Waals surface area contributed by atoms with Crippen LogP contribution in [0, 0.1) is 11.6 Å². The third-order valence-corrected chi connectivity index (χ3v) is 5.50. The number of rotatable bonds is 8. The van der Waals surface area contributed by atoms with Crippen molar-refractivity contribution in [3.8, 4) is 0 Å². The summed E-state index contributed by atoms with van der Waals surface area (Å²) in [6, 6.07) is 9.05. The molecule has 2 aromatic rings. The molecule has 3 amide bonds. The second kappa shape index (κ2) is 11.1. The van der Waals surface area contributed by atoms with Crippen LogP contribution >= 0.6 is 0 Å². The standard InChI is InChI=1S/C23H27F2N3O4S/c1-15(22(31)27-23(2,3)4)28(19-11-7-17(25)8-12-19)21(30)14-33(32)13-20(29)26-18-9-5-16(24)6-10-18/h5-12,15H,13-14H2,1-4H3,(H,26,29)(H,27,31)/t15-,33-/m1/s1. The summed E-state index contributed by atoms with van der Waals surface area (Å²) in [5.41, 5.74) is 0.0280. The Morgan fingerprint density at radius 3 is 1.97 bits per heavy atom. The lowest BCUT2D eigenvalue weighted by Crippen LogP contribution is -2.53. The SMILES string of the molecule is C[C@H](C(=O)NC(C)(C)C)N(C(=O)C[S@](=O)CC(=O)Nc1ccc(F)cc1)c1ccc(F)cc1. The van der Waals surface area contributed by atoms with Crippen LogP contribution in [0.3, 0.4) is 0 Å². The minimum atomic E-state index is -1.89. The van der Waals surface area contributed by atoms with E-state index >= 15 is 0 Å². The van der Waals surface area contributed by atoms with Crippen LogP contribution in [-0.2, 0) is 25.2 Å². The van der Waals surface area contributed by atoms with Gasteiger partial charge in [-0.25, -0.2) is 8.78 Å². The zero-order chi connectivity index (χ0) is 24.8. The number of hydrogen-bond acceptors (Lipinski definition) is 4. The second-order valence-corrected chi connectivity index (χ2v) is 9.90. The summed E-state index contributed by atoms with van der Waals surface area (Å²) in [6.07, 6.45) is 0. The van der Waals surface area contributed by atoms with Crippen LogP contribution < -0.4 is 15.5 Å². The molecule has 0 fully saturated rings. The number of nitrogens with one attached hydrogen (secondary N) is 2. The van der Waals surface area contributed by atoms with Gasteiger partial charge in [0.05, 0.1) is 0 Å². The molecule has 0 saturated carbocycles. The molecule has 0 radical (unpaired) electrons. The summed E-state index contributed by atoms with van der Waals surface area (Å²) < 4.78 is 38.9. The predicted molar refractivity (Wildman–Crippen MR) is 124 cm³/mol. The number of halogens is 2. The van der Waals surface area contributed by atoms with Gasteiger partial charge in [0.15, 0.2) is 0 Å². The van der Waals surface area contributed by atoms with Crippen molar-refractivity contribution in [2.24, 2.45) is 0 Å². The van der Waals surface area contributed by atoms with Gasteiger partial charge in [-0.05, 0) is 76.2 Å². The molecular formula is C23H27F2N3O4S. The van der Waals surface area contributed by atoms with Gasteiger partial charge in [0.2, 0.25) is 17.7 Å². The fraction of sp³-hybridized carbons (Fsp3) is 0.348. The minimum absolute atomic E-state index is 0.255. The highest BCUT2D eigenvalue weighted by molar-refractivity contribution is 7.86. The highest BCUT2D eigenvalue weighted by Gasteiger charge is 2.30. The lowest BCUT2D eigenvalue weighted by atomic mass is 10.1. The topological polar surface area (TPSA) is 95.6 Å². The Hall–Kier alpha value is -3.14. The van der Waals surface area contributed by atoms with E-state index in [1.54, 1.807) is 20.8 Å². The molecule has 2 N–H and O–H groups in total. The molecule has 0 aliphatic carbocycles. The lowest BCUT2D eigenvalue weighted by Gasteiger charge is -2.31. The first-order valence-electron chi connectivity index (χ1n) is 10.2. The number of amides is 3. The van der Waals surface area contributed by atoms with E-state index in [0.29, 0.717) is 5.69 Å². The van der Waals surface area contributed by atoms with Gasteiger partial charge in [-0.1, -0.05) is 0 Å². The molecule has 10 heteroatoms. The van der Waals surface area contributed by atoms with Gasteiger partial charge in [-0.3, -0.25) is 23.5 Å². The Morgan fingerprint density at radius 1 is 0.939 bits per heavy atom. The van der Waals surface area contributed by atoms with Gasteiger partial charge in [0.1, 0.15) is 29.2 Å². The van der Waals surface area contributed by atoms with Crippen molar-refractivity contribution in [2.75, 3.05) is 21.7 Å². The van der Waals surface area contributed by atoms with Crippen molar-refractivity contribution in [1.82, 2.24) is 5.32 Å². The molecule has 2 atom stereocenters. The highest BCUT2D eigenvalue weighted by Crippen LogP contribution is 2.19. The zero-order valence-electron chi connectivity index (χ0n) is 18.9. The molecule has 0 saturated heterocycles. The molecule has 0 aliphatic rings. The van der Waals surface area contributed by atoms with Crippen LogP contribution in [-0.4, -0.2) is 45.0 Å². The fourth-order valence-corrected chi connectivity index (χ4v) is 3.79. The summed E-state index contributed by atoms with van der Waals surface area (Å²) in [7, 11) is -1.89. The average molecular weight is 480 g/mol. The average Bonchev–Trinajstić information content (AvgIpc) is 2.69. The number of carbonyl (C=O) groups excluding carboxylic acids is 3. The molecule has 7 nitrogen and oxygen atoms in total. The van der Waals surface area contributed by atoms with Gasteiger partial charge >= 0.3 is 0 Å². The maximum atomic E-state index is 13.4. The number of benzene rings is 2. The molecule has 0 spiro atoms. The Bertz CT molecular complexity index is 1020. The van der Waals surface area contributed by atoms with E-state index in [4.69, 9.17) is 0 Å². The van der Waals surface area contributed by atoms with Crippen molar-refractivity contribution in [3.63, 3.8) is 0 Å². The Morgan fingerprint density at radius 2 is 1.45 bits per heavy atom. The second-order valence-electron chi connectivity index (χ2n) is 8.44. The molecule has 0 unspecified atom stereocenters. The normalized spacial score (nSPS) is 13.0.